The Balaban J connectivity index is 1.94. The van der Waals surface area contributed by atoms with Crippen LogP contribution in [0.3, 0.4) is 0 Å². The van der Waals surface area contributed by atoms with Crippen LogP contribution < -0.4 is 4.74 Å². The SMILES string of the molecule is Fc1ccccc1OCCc1nc(Cl)cc(Cl)n1. The monoisotopic (exact) mass is 286 g/mol. The van der Waals surface area contributed by atoms with Gasteiger partial charge in [0.1, 0.15) is 16.1 Å². The number of nitrogens with zero attached hydrogens (tertiary/aromatic N) is 2. The Morgan fingerprint density at radius 2 is 1.78 bits per heavy atom. The Bertz CT molecular complexity index is 531. The molecule has 1 heterocycles. The number of halogens is 3. The maximum atomic E-state index is 13.2. The normalized spacial score (nSPS) is 10.4. The van der Waals surface area contributed by atoms with E-state index in [1.165, 1.54) is 12.1 Å². The quantitative estimate of drug-likeness (QED) is 0.807. The van der Waals surface area contributed by atoms with Gasteiger partial charge in [0.15, 0.2) is 11.6 Å². The van der Waals surface area contributed by atoms with Crippen molar-refractivity contribution in [2.24, 2.45) is 0 Å². The standard InChI is InChI=1S/C12H9Cl2FN2O/c13-10-7-11(14)17-12(16-10)5-6-18-9-4-2-1-3-8(9)15/h1-4,7H,5-6H2. The molecule has 6 heteroatoms. The summed E-state index contributed by atoms with van der Waals surface area (Å²) in [6, 6.07) is 7.64. The van der Waals surface area contributed by atoms with Crippen LogP contribution in [0, 0.1) is 5.82 Å². The van der Waals surface area contributed by atoms with Gasteiger partial charge < -0.3 is 4.74 Å². The zero-order valence-electron chi connectivity index (χ0n) is 9.24. The van der Waals surface area contributed by atoms with E-state index in [4.69, 9.17) is 27.9 Å². The zero-order chi connectivity index (χ0) is 13.0. The van der Waals surface area contributed by atoms with E-state index in [1.807, 2.05) is 0 Å². The molecule has 0 aliphatic heterocycles. The molecule has 94 valence electrons. The molecule has 0 spiro atoms. The van der Waals surface area contributed by atoms with Gasteiger partial charge in [-0.25, -0.2) is 14.4 Å². The van der Waals surface area contributed by atoms with E-state index in [0.717, 1.165) is 0 Å². The van der Waals surface area contributed by atoms with Gasteiger partial charge in [-0.05, 0) is 12.1 Å². The number of para-hydroxylation sites is 1. The summed E-state index contributed by atoms with van der Waals surface area (Å²) in [6.45, 7) is 0.248. The minimum absolute atomic E-state index is 0.200. The molecule has 0 amide bonds. The number of hydrogen-bond donors (Lipinski definition) is 0. The average molecular weight is 287 g/mol. The molecule has 0 aliphatic rings. The van der Waals surface area contributed by atoms with E-state index in [-0.39, 0.29) is 22.7 Å². The molecular weight excluding hydrogens is 278 g/mol. The third-order valence-corrected chi connectivity index (χ3v) is 2.52. The summed E-state index contributed by atoms with van der Waals surface area (Å²) in [6.07, 6.45) is 0.397. The van der Waals surface area contributed by atoms with Crippen molar-refractivity contribution in [2.45, 2.75) is 6.42 Å². The van der Waals surface area contributed by atoms with Crippen LogP contribution >= 0.6 is 23.2 Å². The van der Waals surface area contributed by atoms with E-state index in [2.05, 4.69) is 9.97 Å². The lowest BCUT2D eigenvalue weighted by Gasteiger charge is -2.06. The summed E-state index contributed by atoms with van der Waals surface area (Å²) in [7, 11) is 0. The molecule has 1 aromatic heterocycles. The van der Waals surface area contributed by atoms with Gasteiger partial charge in [-0.2, -0.15) is 0 Å². The van der Waals surface area contributed by atoms with Crippen molar-refractivity contribution in [3.63, 3.8) is 0 Å². The lowest BCUT2D eigenvalue weighted by atomic mass is 10.3. The molecule has 0 fully saturated rings. The predicted molar refractivity (Wildman–Crippen MR) is 67.7 cm³/mol. The second-order valence-electron chi connectivity index (χ2n) is 3.46. The van der Waals surface area contributed by atoms with Gasteiger partial charge >= 0.3 is 0 Å². The van der Waals surface area contributed by atoms with E-state index >= 15 is 0 Å². The molecule has 0 atom stereocenters. The van der Waals surface area contributed by atoms with Gasteiger partial charge in [-0.15, -0.1) is 0 Å². The molecule has 0 N–H and O–H groups in total. The minimum Gasteiger partial charge on any atom is -0.490 e. The zero-order valence-corrected chi connectivity index (χ0v) is 10.7. The summed E-state index contributed by atoms with van der Waals surface area (Å²) in [5.74, 6) is 0.261. The molecule has 0 saturated heterocycles. The van der Waals surface area contributed by atoms with Crippen LogP contribution in [0.15, 0.2) is 30.3 Å². The number of hydrogen-bond acceptors (Lipinski definition) is 3. The Hall–Kier alpha value is -1.39. The fraction of sp³-hybridized carbons (Fsp3) is 0.167. The Morgan fingerprint density at radius 3 is 2.44 bits per heavy atom. The molecule has 0 unspecified atom stereocenters. The van der Waals surface area contributed by atoms with Crippen molar-refractivity contribution >= 4 is 23.2 Å². The smallest absolute Gasteiger partial charge is 0.165 e. The van der Waals surface area contributed by atoms with Crippen LogP contribution in [0.25, 0.3) is 0 Å². The van der Waals surface area contributed by atoms with Gasteiger partial charge in [0.05, 0.1) is 6.61 Å². The number of benzene rings is 1. The van der Waals surface area contributed by atoms with Gasteiger partial charge in [-0.1, -0.05) is 35.3 Å². The molecular formula is C12H9Cl2FN2O. The van der Waals surface area contributed by atoms with Gasteiger partial charge in [-0.3, -0.25) is 0 Å². The van der Waals surface area contributed by atoms with E-state index in [9.17, 15) is 4.39 Å². The third-order valence-electron chi connectivity index (χ3n) is 2.13. The number of rotatable bonds is 4. The highest BCUT2D eigenvalue weighted by Crippen LogP contribution is 2.16. The first-order valence-electron chi connectivity index (χ1n) is 5.21. The molecule has 1 aromatic carbocycles. The fourth-order valence-corrected chi connectivity index (χ4v) is 1.82. The van der Waals surface area contributed by atoms with Crippen molar-refractivity contribution in [1.82, 2.24) is 9.97 Å². The van der Waals surface area contributed by atoms with E-state index < -0.39 is 5.82 Å². The maximum Gasteiger partial charge on any atom is 0.165 e. The molecule has 18 heavy (non-hydrogen) atoms. The molecule has 2 aromatic rings. The molecule has 0 bridgehead atoms. The molecule has 0 aliphatic carbocycles. The Morgan fingerprint density at radius 1 is 1.11 bits per heavy atom. The minimum atomic E-state index is -0.400. The van der Waals surface area contributed by atoms with Crippen LogP contribution in [0.2, 0.25) is 10.3 Å². The molecule has 0 saturated carbocycles. The van der Waals surface area contributed by atoms with Crippen LogP contribution in [-0.2, 0) is 6.42 Å². The highest BCUT2D eigenvalue weighted by atomic mass is 35.5. The van der Waals surface area contributed by atoms with Crippen LogP contribution in [0.4, 0.5) is 4.39 Å². The summed E-state index contributed by atoms with van der Waals surface area (Å²) < 4.78 is 18.5. The lowest BCUT2D eigenvalue weighted by molar-refractivity contribution is 0.302. The van der Waals surface area contributed by atoms with E-state index in [1.54, 1.807) is 18.2 Å². The first kappa shape index (κ1) is 13.1. The summed E-state index contributed by atoms with van der Waals surface area (Å²) >= 11 is 11.5. The van der Waals surface area contributed by atoms with Crippen molar-refractivity contribution in [2.75, 3.05) is 6.61 Å². The first-order chi connectivity index (χ1) is 8.65. The Kier molecular flexibility index (Phi) is 4.33. The highest BCUT2D eigenvalue weighted by molar-refractivity contribution is 6.33. The number of ether oxygens (including phenoxy) is 1. The average Bonchev–Trinajstić information content (AvgIpc) is 2.30. The lowest BCUT2D eigenvalue weighted by Crippen LogP contribution is -2.06. The molecule has 3 nitrogen and oxygen atoms in total. The first-order valence-corrected chi connectivity index (χ1v) is 5.97. The fourth-order valence-electron chi connectivity index (χ4n) is 1.36. The Labute approximate surface area is 114 Å². The maximum absolute atomic E-state index is 13.2. The summed E-state index contributed by atoms with van der Waals surface area (Å²) in [4.78, 5) is 7.97. The topological polar surface area (TPSA) is 35.0 Å². The summed E-state index contributed by atoms with van der Waals surface area (Å²) in [5.41, 5.74) is 0. The number of aromatic nitrogens is 2. The van der Waals surface area contributed by atoms with Crippen molar-refractivity contribution in [3.8, 4) is 5.75 Å². The highest BCUT2D eigenvalue weighted by Gasteiger charge is 2.04. The summed E-state index contributed by atoms with van der Waals surface area (Å²) in [5, 5.41) is 0.548. The third kappa shape index (κ3) is 3.55. The van der Waals surface area contributed by atoms with Crippen molar-refractivity contribution in [3.05, 3.63) is 52.3 Å². The van der Waals surface area contributed by atoms with Crippen LogP contribution in [0.1, 0.15) is 5.82 Å². The predicted octanol–water partition coefficient (Wildman–Crippen LogP) is 3.54. The molecule has 2 rings (SSSR count). The molecule has 0 radical (unpaired) electrons. The van der Waals surface area contributed by atoms with E-state index in [0.29, 0.717) is 12.2 Å². The van der Waals surface area contributed by atoms with Crippen LogP contribution in [0.5, 0.6) is 5.75 Å². The largest absolute Gasteiger partial charge is 0.490 e. The van der Waals surface area contributed by atoms with Crippen molar-refractivity contribution in [1.29, 1.82) is 0 Å². The van der Waals surface area contributed by atoms with Crippen molar-refractivity contribution < 1.29 is 9.13 Å². The van der Waals surface area contributed by atoms with Gasteiger partial charge in [0, 0.05) is 12.5 Å². The van der Waals surface area contributed by atoms with Gasteiger partial charge in [0.25, 0.3) is 0 Å². The van der Waals surface area contributed by atoms with Gasteiger partial charge in [0.2, 0.25) is 0 Å². The second-order valence-corrected chi connectivity index (χ2v) is 4.23. The van der Waals surface area contributed by atoms with Crippen LogP contribution in [-0.4, -0.2) is 16.6 Å². The second kappa shape index (κ2) is 5.98.